The van der Waals surface area contributed by atoms with Gasteiger partial charge in [0.1, 0.15) is 11.5 Å². The Balaban J connectivity index is 1.29. The van der Waals surface area contributed by atoms with Gasteiger partial charge in [-0.05, 0) is 48.5 Å². The van der Waals surface area contributed by atoms with Gasteiger partial charge in [-0.3, -0.25) is 4.79 Å². The summed E-state index contributed by atoms with van der Waals surface area (Å²) in [5.74, 6) is 2.71. The fourth-order valence-corrected chi connectivity index (χ4v) is 2.62. The lowest BCUT2D eigenvalue weighted by atomic mass is 10.2. The number of carbonyl (C=O) groups excluding carboxylic acids is 1. The van der Waals surface area contributed by atoms with Crippen LogP contribution in [0.5, 0.6) is 23.0 Å². The summed E-state index contributed by atoms with van der Waals surface area (Å²) in [6.07, 6.45) is 0. The van der Waals surface area contributed by atoms with Gasteiger partial charge in [0.25, 0.3) is 0 Å². The molecule has 6 heteroatoms. The van der Waals surface area contributed by atoms with Gasteiger partial charge in [0.05, 0.1) is 6.54 Å². The normalized spacial score (nSPS) is 11.7. The Bertz CT molecular complexity index is 927. The molecule has 2 N–H and O–H groups in total. The van der Waals surface area contributed by atoms with Gasteiger partial charge in [-0.1, -0.05) is 18.2 Å². The standard InChI is InChI=1S/C21H18N2O4/c24-21(13-22-16-8-11-19-20(12-16)26-14-25-19)23-15-6-9-18(10-7-15)27-17-4-2-1-3-5-17/h1-12,22H,13-14H2,(H,23,24). The maximum Gasteiger partial charge on any atom is 0.243 e. The first kappa shape index (κ1) is 16.8. The predicted octanol–water partition coefficient (Wildman–Crippen LogP) is 4.26. The topological polar surface area (TPSA) is 68.8 Å². The average Bonchev–Trinajstić information content (AvgIpc) is 3.17. The second kappa shape index (κ2) is 7.70. The van der Waals surface area contributed by atoms with E-state index in [1.54, 1.807) is 12.1 Å². The Morgan fingerprint density at radius 1 is 0.852 bits per heavy atom. The number of fused-ring (bicyclic) bond motifs is 1. The average molecular weight is 362 g/mol. The molecule has 0 atom stereocenters. The van der Waals surface area contributed by atoms with Gasteiger partial charge in [-0.25, -0.2) is 0 Å². The number of benzene rings is 3. The van der Waals surface area contributed by atoms with Crippen LogP contribution in [-0.4, -0.2) is 19.2 Å². The van der Waals surface area contributed by atoms with Crippen molar-refractivity contribution in [3.05, 3.63) is 72.8 Å². The van der Waals surface area contributed by atoms with Gasteiger partial charge in [0, 0.05) is 17.4 Å². The molecule has 27 heavy (non-hydrogen) atoms. The monoisotopic (exact) mass is 362 g/mol. The number of amides is 1. The number of para-hydroxylation sites is 1. The minimum atomic E-state index is -0.149. The van der Waals surface area contributed by atoms with Crippen LogP contribution in [0.15, 0.2) is 72.8 Å². The van der Waals surface area contributed by atoms with Crippen LogP contribution >= 0.6 is 0 Å². The van der Waals surface area contributed by atoms with E-state index in [1.807, 2.05) is 60.7 Å². The van der Waals surface area contributed by atoms with E-state index in [9.17, 15) is 4.79 Å². The molecule has 4 rings (SSSR count). The first-order valence-corrected chi connectivity index (χ1v) is 8.53. The smallest absolute Gasteiger partial charge is 0.243 e. The summed E-state index contributed by atoms with van der Waals surface area (Å²) < 4.78 is 16.3. The van der Waals surface area contributed by atoms with Crippen LogP contribution in [0, 0.1) is 0 Å². The zero-order chi connectivity index (χ0) is 18.5. The highest BCUT2D eigenvalue weighted by Gasteiger charge is 2.13. The molecule has 0 aromatic heterocycles. The number of hydrogen-bond acceptors (Lipinski definition) is 5. The molecule has 136 valence electrons. The maximum absolute atomic E-state index is 12.1. The number of ether oxygens (including phenoxy) is 3. The van der Waals surface area contributed by atoms with Crippen molar-refractivity contribution in [3.8, 4) is 23.0 Å². The Labute approximate surface area is 156 Å². The van der Waals surface area contributed by atoms with Crippen LogP contribution in [0.25, 0.3) is 0 Å². The van der Waals surface area contributed by atoms with E-state index >= 15 is 0 Å². The van der Waals surface area contributed by atoms with E-state index in [0.717, 1.165) is 11.4 Å². The molecule has 3 aromatic carbocycles. The number of hydrogen-bond donors (Lipinski definition) is 2. The van der Waals surface area contributed by atoms with Crippen molar-refractivity contribution in [2.75, 3.05) is 24.0 Å². The molecule has 0 unspecified atom stereocenters. The van der Waals surface area contributed by atoms with Crippen LogP contribution in [0.1, 0.15) is 0 Å². The van der Waals surface area contributed by atoms with Gasteiger partial charge < -0.3 is 24.8 Å². The second-order valence-electron chi connectivity index (χ2n) is 5.91. The van der Waals surface area contributed by atoms with Crippen LogP contribution in [-0.2, 0) is 4.79 Å². The molecule has 1 amide bonds. The Morgan fingerprint density at radius 2 is 1.56 bits per heavy atom. The fraction of sp³-hybridized carbons (Fsp3) is 0.0952. The first-order chi connectivity index (χ1) is 13.3. The van der Waals surface area contributed by atoms with Crippen molar-refractivity contribution >= 4 is 17.3 Å². The summed E-state index contributed by atoms with van der Waals surface area (Å²) in [7, 11) is 0. The minimum Gasteiger partial charge on any atom is -0.457 e. The number of nitrogens with one attached hydrogen (secondary N) is 2. The molecule has 0 bridgehead atoms. The highest BCUT2D eigenvalue weighted by atomic mass is 16.7. The quantitative estimate of drug-likeness (QED) is 0.686. The van der Waals surface area contributed by atoms with Gasteiger partial charge in [-0.2, -0.15) is 0 Å². The highest BCUT2D eigenvalue weighted by molar-refractivity contribution is 5.93. The Kier molecular flexibility index (Phi) is 4.78. The number of rotatable bonds is 6. The third-order valence-electron chi connectivity index (χ3n) is 3.94. The van der Waals surface area contributed by atoms with E-state index < -0.39 is 0 Å². The SMILES string of the molecule is O=C(CNc1ccc2c(c1)OCO2)Nc1ccc(Oc2ccccc2)cc1. The number of carbonyl (C=O) groups is 1. The summed E-state index contributed by atoms with van der Waals surface area (Å²) in [5, 5.41) is 5.91. The van der Waals surface area contributed by atoms with Gasteiger partial charge >= 0.3 is 0 Å². The van der Waals surface area contributed by atoms with Crippen LogP contribution in [0.4, 0.5) is 11.4 Å². The van der Waals surface area contributed by atoms with Gasteiger partial charge in [0.2, 0.25) is 12.7 Å². The lowest BCUT2D eigenvalue weighted by Crippen LogP contribution is -2.21. The molecule has 0 fully saturated rings. The largest absolute Gasteiger partial charge is 0.457 e. The molecule has 0 spiro atoms. The van der Waals surface area contributed by atoms with Crippen molar-refractivity contribution in [2.24, 2.45) is 0 Å². The molecular formula is C21H18N2O4. The third kappa shape index (κ3) is 4.30. The van der Waals surface area contributed by atoms with Crippen molar-refractivity contribution in [1.82, 2.24) is 0 Å². The Morgan fingerprint density at radius 3 is 2.37 bits per heavy atom. The lowest BCUT2D eigenvalue weighted by molar-refractivity contribution is -0.114. The zero-order valence-electron chi connectivity index (χ0n) is 14.5. The van der Waals surface area contributed by atoms with E-state index in [4.69, 9.17) is 14.2 Å². The Hall–Kier alpha value is -3.67. The van der Waals surface area contributed by atoms with Crippen molar-refractivity contribution in [1.29, 1.82) is 0 Å². The molecule has 1 heterocycles. The van der Waals surface area contributed by atoms with Crippen LogP contribution in [0.3, 0.4) is 0 Å². The summed E-state index contributed by atoms with van der Waals surface area (Å²) in [6, 6.07) is 22.2. The first-order valence-electron chi connectivity index (χ1n) is 8.53. The molecule has 1 aliphatic rings. The van der Waals surface area contributed by atoms with Crippen LogP contribution < -0.4 is 24.8 Å². The molecular weight excluding hydrogens is 344 g/mol. The van der Waals surface area contributed by atoms with Crippen molar-refractivity contribution < 1.29 is 19.0 Å². The zero-order valence-corrected chi connectivity index (χ0v) is 14.5. The van der Waals surface area contributed by atoms with E-state index in [2.05, 4.69) is 10.6 Å². The highest BCUT2D eigenvalue weighted by Crippen LogP contribution is 2.34. The summed E-state index contributed by atoms with van der Waals surface area (Å²) >= 11 is 0. The number of anilines is 2. The fourth-order valence-electron chi connectivity index (χ4n) is 2.62. The summed E-state index contributed by atoms with van der Waals surface area (Å²) in [5.41, 5.74) is 1.49. The summed E-state index contributed by atoms with van der Waals surface area (Å²) in [6.45, 7) is 0.366. The molecule has 0 saturated carbocycles. The molecule has 3 aromatic rings. The summed E-state index contributed by atoms with van der Waals surface area (Å²) in [4.78, 5) is 12.1. The third-order valence-corrected chi connectivity index (χ3v) is 3.94. The van der Waals surface area contributed by atoms with Crippen molar-refractivity contribution in [3.63, 3.8) is 0 Å². The van der Waals surface area contributed by atoms with E-state index in [0.29, 0.717) is 22.9 Å². The van der Waals surface area contributed by atoms with E-state index in [-0.39, 0.29) is 19.2 Å². The second-order valence-corrected chi connectivity index (χ2v) is 5.91. The van der Waals surface area contributed by atoms with Gasteiger partial charge in [-0.15, -0.1) is 0 Å². The van der Waals surface area contributed by atoms with Crippen LogP contribution in [0.2, 0.25) is 0 Å². The molecule has 0 aliphatic carbocycles. The minimum absolute atomic E-state index is 0.141. The van der Waals surface area contributed by atoms with Gasteiger partial charge in [0.15, 0.2) is 11.5 Å². The maximum atomic E-state index is 12.1. The lowest BCUT2D eigenvalue weighted by Gasteiger charge is -2.09. The van der Waals surface area contributed by atoms with Crippen molar-refractivity contribution in [2.45, 2.75) is 0 Å². The molecule has 0 radical (unpaired) electrons. The predicted molar refractivity (Wildman–Crippen MR) is 103 cm³/mol. The molecule has 0 saturated heterocycles. The van der Waals surface area contributed by atoms with E-state index in [1.165, 1.54) is 0 Å². The molecule has 1 aliphatic heterocycles. The molecule has 6 nitrogen and oxygen atoms in total.